The summed E-state index contributed by atoms with van der Waals surface area (Å²) >= 11 is 1.57. The van der Waals surface area contributed by atoms with Crippen LogP contribution in [0.3, 0.4) is 0 Å². The standard InChI is InChI=1S/C23H22N4OS/c1-16-14-18(26(2)3)11-12-20(16)24-23(28)19-15-27(17-8-5-4-6-9-17)25-22(19)21-10-7-13-29-21/h4-15H,1-3H3,(H,24,28). The highest BCUT2D eigenvalue weighted by Gasteiger charge is 2.20. The van der Waals surface area contributed by atoms with Crippen LogP contribution in [0.1, 0.15) is 15.9 Å². The predicted octanol–water partition coefficient (Wildman–Crippen LogP) is 5.23. The van der Waals surface area contributed by atoms with Crippen molar-refractivity contribution in [2.75, 3.05) is 24.3 Å². The molecule has 2 heterocycles. The van der Waals surface area contributed by atoms with Crippen LogP contribution in [0.25, 0.3) is 16.3 Å². The van der Waals surface area contributed by atoms with Gasteiger partial charge in [0.1, 0.15) is 5.69 Å². The molecule has 4 rings (SSSR count). The molecule has 0 aliphatic heterocycles. The molecule has 146 valence electrons. The average Bonchev–Trinajstić information content (AvgIpc) is 3.39. The van der Waals surface area contributed by atoms with Gasteiger partial charge in [-0.3, -0.25) is 4.79 Å². The van der Waals surface area contributed by atoms with Gasteiger partial charge >= 0.3 is 0 Å². The predicted molar refractivity (Wildman–Crippen MR) is 120 cm³/mol. The first-order valence-electron chi connectivity index (χ1n) is 9.31. The first-order valence-corrected chi connectivity index (χ1v) is 10.2. The van der Waals surface area contributed by atoms with Crippen molar-refractivity contribution in [3.63, 3.8) is 0 Å². The molecule has 6 heteroatoms. The molecule has 0 aliphatic rings. The van der Waals surface area contributed by atoms with Gasteiger partial charge < -0.3 is 10.2 Å². The number of benzene rings is 2. The molecule has 0 aliphatic carbocycles. The van der Waals surface area contributed by atoms with Crippen molar-refractivity contribution in [2.24, 2.45) is 0 Å². The summed E-state index contributed by atoms with van der Waals surface area (Å²) in [6, 6.07) is 19.8. The van der Waals surface area contributed by atoms with Gasteiger partial charge in [0.2, 0.25) is 0 Å². The summed E-state index contributed by atoms with van der Waals surface area (Å²) < 4.78 is 1.76. The number of carbonyl (C=O) groups is 1. The van der Waals surface area contributed by atoms with Crippen molar-refractivity contribution in [1.29, 1.82) is 0 Å². The minimum Gasteiger partial charge on any atom is -0.378 e. The lowest BCUT2D eigenvalue weighted by Crippen LogP contribution is -2.14. The number of hydrogen-bond acceptors (Lipinski definition) is 4. The maximum absolute atomic E-state index is 13.2. The Balaban J connectivity index is 1.70. The second-order valence-corrected chi connectivity index (χ2v) is 7.94. The molecular weight excluding hydrogens is 380 g/mol. The van der Waals surface area contributed by atoms with Crippen LogP contribution in [0.2, 0.25) is 0 Å². The fraction of sp³-hybridized carbons (Fsp3) is 0.130. The number of nitrogens with zero attached hydrogens (tertiary/aromatic N) is 3. The van der Waals surface area contributed by atoms with E-state index in [1.807, 2.05) is 85.9 Å². The molecule has 1 N–H and O–H groups in total. The van der Waals surface area contributed by atoms with E-state index in [4.69, 9.17) is 5.10 Å². The second kappa shape index (κ2) is 7.93. The molecule has 0 fully saturated rings. The number of carbonyl (C=O) groups excluding carboxylic acids is 1. The van der Waals surface area contributed by atoms with Crippen molar-refractivity contribution in [3.05, 3.63) is 83.4 Å². The quantitative estimate of drug-likeness (QED) is 0.497. The molecule has 2 aromatic heterocycles. The summed E-state index contributed by atoms with van der Waals surface area (Å²) in [6.45, 7) is 2.00. The van der Waals surface area contributed by atoms with Gasteiger partial charge in [0.05, 0.1) is 16.1 Å². The lowest BCUT2D eigenvalue weighted by molar-refractivity contribution is 0.102. The summed E-state index contributed by atoms with van der Waals surface area (Å²) in [6.07, 6.45) is 1.79. The highest BCUT2D eigenvalue weighted by atomic mass is 32.1. The molecule has 0 atom stereocenters. The highest BCUT2D eigenvalue weighted by molar-refractivity contribution is 7.13. The Morgan fingerprint density at radius 2 is 1.86 bits per heavy atom. The van der Waals surface area contributed by atoms with Gasteiger partial charge in [0.25, 0.3) is 5.91 Å². The third kappa shape index (κ3) is 3.93. The number of thiophene rings is 1. The van der Waals surface area contributed by atoms with Crippen molar-refractivity contribution in [3.8, 4) is 16.3 Å². The zero-order valence-corrected chi connectivity index (χ0v) is 17.4. The van der Waals surface area contributed by atoms with E-state index in [1.54, 1.807) is 22.2 Å². The molecule has 4 aromatic rings. The third-order valence-corrected chi connectivity index (χ3v) is 5.59. The zero-order valence-electron chi connectivity index (χ0n) is 16.6. The van der Waals surface area contributed by atoms with Gasteiger partial charge in [-0.05, 0) is 54.3 Å². The number of amides is 1. The van der Waals surface area contributed by atoms with Crippen LogP contribution in [-0.2, 0) is 0 Å². The van der Waals surface area contributed by atoms with E-state index in [0.717, 1.165) is 27.5 Å². The first-order chi connectivity index (χ1) is 14.0. The second-order valence-electron chi connectivity index (χ2n) is 7.00. The number of hydrogen-bond donors (Lipinski definition) is 1. The molecule has 5 nitrogen and oxygen atoms in total. The lowest BCUT2D eigenvalue weighted by Gasteiger charge is -2.15. The SMILES string of the molecule is Cc1cc(N(C)C)ccc1NC(=O)c1cn(-c2ccccc2)nc1-c1cccs1. The molecule has 0 saturated heterocycles. The number of anilines is 2. The molecular formula is C23H22N4OS. The van der Waals surface area contributed by atoms with Crippen LogP contribution in [0.15, 0.2) is 72.2 Å². The molecule has 0 bridgehead atoms. The Morgan fingerprint density at radius 1 is 1.07 bits per heavy atom. The topological polar surface area (TPSA) is 50.2 Å². The van der Waals surface area contributed by atoms with Crippen LogP contribution >= 0.6 is 11.3 Å². The number of rotatable bonds is 5. The third-order valence-electron chi connectivity index (χ3n) is 4.71. The van der Waals surface area contributed by atoms with Crippen molar-refractivity contribution >= 4 is 28.6 Å². The maximum atomic E-state index is 13.2. The highest BCUT2D eigenvalue weighted by Crippen LogP contribution is 2.29. The minimum absolute atomic E-state index is 0.170. The largest absolute Gasteiger partial charge is 0.378 e. The van der Waals surface area contributed by atoms with E-state index in [2.05, 4.69) is 11.4 Å². The van der Waals surface area contributed by atoms with E-state index >= 15 is 0 Å². The Kier molecular flexibility index (Phi) is 5.18. The number of nitrogens with one attached hydrogen (secondary N) is 1. The first kappa shape index (κ1) is 19.0. The van der Waals surface area contributed by atoms with Gasteiger partial charge in [-0.1, -0.05) is 24.3 Å². The van der Waals surface area contributed by atoms with Crippen LogP contribution in [0.5, 0.6) is 0 Å². The summed E-state index contributed by atoms with van der Waals surface area (Å²) in [4.78, 5) is 16.2. The van der Waals surface area contributed by atoms with Gasteiger partial charge in [0, 0.05) is 31.7 Å². The Morgan fingerprint density at radius 3 is 2.52 bits per heavy atom. The van der Waals surface area contributed by atoms with Crippen molar-refractivity contribution in [1.82, 2.24) is 9.78 Å². The zero-order chi connectivity index (χ0) is 20.4. The Labute approximate surface area is 174 Å². The molecule has 2 aromatic carbocycles. The van der Waals surface area contributed by atoms with E-state index in [0.29, 0.717) is 11.3 Å². The van der Waals surface area contributed by atoms with Crippen LogP contribution < -0.4 is 10.2 Å². The smallest absolute Gasteiger partial charge is 0.259 e. The minimum atomic E-state index is -0.170. The van der Waals surface area contributed by atoms with Crippen LogP contribution in [0.4, 0.5) is 11.4 Å². The number of para-hydroxylation sites is 1. The normalized spacial score (nSPS) is 10.7. The van der Waals surface area contributed by atoms with E-state index in [9.17, 15) is 4.79 Å². The summed E-state index contributed by atoms with van der Waals surface area (Å²) in [5.41, 5.74) is 5.05. The fourth-order valence-electron chi connectivity index (χ4n) is 3.10. The number of aromatic nitrogens is 2. The molecule has 1 amide bonds. The Hall–Kier alpha value is -3.38. The van der Waals surface area contributed by atoms with Crippen LogP contribution in [0, 0.1) is 6.92 Å². The summed E-state index contributed by atoms with van der Waals surface area (Å²) in [7, 11) is 4.00. The molecule has 0 radical (unpaired) electrons. The van der Waals surface area contributed by atoms with E-state index < -0.39 is 0 Å². The lowest BCUT2D eigenvalue weighted by atomic mass is 10.1. The average molecular weight is 403 g/mol. The fourth-order valence-corrected chi connectivity index (χ4v) is 3.83. The number of aryl methyl sites for hydroxylation is 1. The van der Waals surface area contributed by atoms with Gasteiger partial charge in [-0.2, -0.15) is 5.10 Å². The summed E-state index contributed by atoms with van der Waals surface area (Å²) in [5.74, 6) is -0.170. The Bertz CT molecular complexity index is 1130. The van der Waals surface area contributed by atoms with Crippen molar-refractivity contribution in [2.45, 2.75) is 6.92 Å². The van der Waals surface area contributed by atoms with Crippen LogP contribution in [-0.4, -0.2) is 29.8 Å². The van der Waals surface area contributed by atoms with Gasteiger partial charge in [-0.25, -0.2) is 4.68 Å². The molecule has 0 saturated carbocycles. The van der Waals surface area contributed by atoms with Gasteiger partial charge in [-0.15, -0.1) is 11.3 Å². The summed E-state index contributed by atoms with van der Waals surface area (Å²) in [5, 5.41) is 9.75. The molecule has 0 unspecified atom stereocenters. The monoisotopic (exact) mass is 402 g/mol. The maximum Gasteiger partial charge on any atom is 0.259 e. The van der Waals surface area contributed by atoms with E-state index in [1.165, 1.54) is 0 Å². The van der Waals surface area contributed by atoms with Crippen molar-refractivity contribution < 1.29 is 4.79 Å². The molecule has 29 heavy (non-hydrogen) atoms. The molecule has 0 spiro atoms. The van der Waals surface area contributed by atoms with E-state index in [-0.39, 0.29) is 5.91 Å². The van der Waals surface area contributed by atoms with Gasteiger partial charge in [0.15, 0.2) is 0 Å².